The minimum atomic E-state index is -0.282. The van der Waals surface area contributed by atoms with E-state index in [1.54, 1.807) is 23.6 Å². The van der Waals surface area contributed by atoms with Crippen LogP contribution in [0.2, 0.25) is 5.02 Å². The van der Waals surface area contributed by atoms with Crippen molar-refractivity contribution in [1.82, 2.24) is 20.1 Å². The van der Waals surface area contributed by atoms with Gasteiger partial charge in [0.05, 0.1) is 12.2 Å². The second kappa shape index (κ2) is 9.02. The second-order valence-corrected chi connectivity index (χ2v) is 7.74. The fourth-order valence-corrected chi connectivity index (χ4v) is 3.77. The number of hydrogen-bond donors (Lipinski definition) is 1. The van der Waals surface area contributed by atoms with Gasteiger partial charge in [-0.1, -0.05) is 54.1 Å². The van der Waals surface area contributed by atoms with E-state index >= 15 is 0 Å². The SMILES string of the molecule is O=C(NCCn1nc(-c2ccc(Cl)cc2)ccc1=O)c1csc(-c2ccccc2)n1. The highest BCUT2D eigenvalue weighted by atomic mass is 35.5. The normalized spacial score (nSPS) is 10.7. The smallest absolute Gasteiger partial charge is 0.270 e. The standard InChI is InChI=1S/C22H17ClN4O2S/c23-17-8-6-15(7-9-17)18-10-11-20(28)27(26-18)13-12-24-21(29)19-14-30-22(25-19)16-4-2-1-3-5-16/h1-11,14H,12-13H2,(H,24,29). The molecule has 0 aliphatic rings. The summed E-state index contributed by atoms with van der Waals surface area (Å²) >= 11 is 7.34. The summed E-state index contributed by atoms with van der Waals surface area (Å²) < 4.78 is 1.33. The highest BCUT2D eigenvalue weighted by Gasteiger charge is 2.12. The van der Waals surface area contributed by atoms with Crippen molar-refractivity contribution in [2.75, 3.05) is 6.54 Å². The average molecular weight is 437 g/mol. The lowest BCUT2D eigenvalue weighted by Crippen LogP contribution is -2.32. The molecule has 0 spiro atoms. The Bertz CT molecular complexity index is 1220. The topological polar surface area (TPSA) is 76.9 Å². The Balaban J connectivity index is 1.40. The molecule has 0 bridgehead atoms. The predicted molar refractivity (Wildman–Crippen MR) is 119 cm³/mol. The van der Waals surface area contributed by atoms with E-state index in [9.17, 15) is 9.59 Å². The lowest BCUT2D eigenvalue weighted by molar-refractivity contribution is 0.0947. The zero-order valence-corrected chi connectivity index (χ0v) is 17.4. The van der Waals surface area contributed by atoms with Crippen molar-refractivity contribution < 1.29 is 4.79 Å². The summed E-state index contributed by atoms with van der Waals surface area (Å²) in [4.78, 5) is 28.9. The first-order valence-electron chi connectivity index (χ1n) is 9.23. The van der Waals surface area contributed by atoms with Gasteiger partial charge in [-0.15, -0.1) is 11.3 Å². The zero-order chi connectivity index (χ0) is 20.9. The molecular weight excluding hydrogens is 420 g/mol. The van der Waals surface area contributed by atoms with Gasteiger partial charge in [0.2, 0.25) is 0 Å². The number of thiazole rings is 1. The third kappa shape index (κ3) is 4.64. The van der Waals surface area contributed by atoms with Crippen LogP contribution in [0, 0.1) is 0 Å². The van der Waals surface area contributed by atoms with E-state index in [2.05, 4.69) is 15.4 Å². The fourth-order valence-electron chi connectivity index (χ4n) is 2.84. The maximum atomic E-state index is 12.4. The molecule has 0 saturated carbocycles. The number of nitrogens with one attached hydrogen (secondary N) is 1. The molecule has 0 unspecified atom stereocenters. The first-order valence-corrected chi connectivity index (χ1v) is 10.5. The third-order valence-electron chi connectivity index (χ3n) is 4.37. The maximum Gasteiger partial charge on any atom is 0.270 e. The third-order valence-corrected chi connectivity index (χ3v) is 5.52. The number of halogens is 1. The summed E-state index contributed by atoms with van der Waals surface area (Å²) in [7, 11) is 0. The van der Waals surface area contributed by atoms with Crippen LogP contribution in [0.3, 0.4) is 0 Å². The Kier molecular flexibility index (Phi) is 6.02. The molecule has 30 heavy (non-hydrogen) atoms. The Hall–Kier alpha value is -3.29. The van der Waals surface area contributed by atoms with Gasteiger partial charge in [-0.05, 0) is 18.2 Å². The molecule has 0 aliphatic heterocycles. The van der Waals surface area contributed by atoms with Crippen molar-refractivity contribution in [1.29, 1.82) is 0 Å². The number of carbonyl (C=O) groups excluding carboxylic acids is 1. The minimum absolute atomic E-state index is 0.234. The fraction of sp³-hybridized carbons (Fsp3) is 0.0909. The molecular formula is C22H17ClN4O2S. The summed E-state index contributed by atoms with van der Waals surface area (Å²) in [5, 5.41) is 10.3. The number of nitrogens with zero attached hydrogens (tertiary/aromatic N) is 3. The molecule has 2 heterocycles. The van der Waals surface area contributed by atoms with Crippen LogP contribution in [-0.4, -0.2) is 27.2 Å². The number of carbonyl (C=O) groups is 1. The van der Waals surface area contributed by atoms with Crippen molar-refractivity contribution in [3.8, 4) is 21.8 Å². The second-order valence-electron chi connectivity index (χ2n) is 6.45. The number of rotatable bonds is 6. The van der Waals surface area contributed by atoms with E-state index in [1.807, 2.05) is 42.5 Å². The molecule has 0 fully saturated rings. The van der Waals surface area contributed by atoms with Crippen molar-refractivity contribution in [2.45, 2.75) is 6.54 Å². The van der Waals surface area contributed by atoms with Gasteiger partial charge in [-0.3, -0.25) is 9.59 Å². The van der Waals surface area contributed by atoms with Gasteiger partial charge in [0.15, 0.2) is 0 Å². The van der Waals surface area contributed by atoms with Crippen LogP contribution in [0.5, 0.6) is 0 Å². The van der Waals surface area contributed by atoms with Crippen molar-refractivity contribution >= 4 is 28.8 Å². The van der Waals surface area contributed by atoms with Crippen LogP contribution in [0.1, 0.15) is 10.5 Å². The van der Waals surface area contributed by atoms with E-state index in [0.29, 0.717) is 16.4 Å². The largest absolute Gasteiger partial charge is 0.349 e. The highest BCUT2D eigenvalue weighted by molar-refractivity contribution is 7.13. The van der Waals surface area contributed by atoms with Gasteiger partial charge in [0, 0.05) is 34.1 Å². The molecule has 4 aromatic rings. The van der Waals surface area contributed by atoms with Crippen LogP contribution >= 0.6 is 22.9 Å². The minimum Gasteiger partial charge on any atom is -0.349 e. The van der Waals surface area contributed by atoms with Gasteiger partial charge >= 0.3 is 0 Å². The Morgan fingerprint density at radius 1 is 1.00 bits per heavy atom. The van der Waals surface area contributed by atoms with Gasteiger partial charge in [-0.25, -0.2) is 9.67 Å². The molecule has 1 N–H and O–H groups in total. The molecule has 150 valence electrons. The van der Waals surface area contributed by atoms with Crippen molar-refractivity contribution in [2.24, 2.45) is 0 Å². The molecule has 6 nitrogen and oxygen atoms in total. The highest BCUT2D eigenvalue weighted by Crippen LogP contribution is 2.23. The van der Waals surface area contributed by atoms with E-state index in [-0.39, 0.29) is 24.6 Å². The Morgan fingerprint density at radius 3 is 2.53 bits per heavy atom. The monoisotopic (exact) mass is 436 g/mol. The zero-order valence-electron chi connectivity index (χ0n) is 15.8. The van der Waals surface area contributed by atoms with Crippen LogP contribution in [0.25, 0.3) is 21.8 Å². The number of amides is 1. The number of benzene rings is 2. The van der Waals surface area contributed by atoms with Crippen molar-refractivity contribution in [3.63, 3.8) is 0 Å². The number of aromatic nitrogens is 3. The van der Waals surface area contributed by atoms with Gasteiger partial charge in [0.1, 0.15) is 10.7 Å². The molecule has 4 rings (SSSR count). The lowest BCUT2D eigenvalue weighted by atomic mass is 10.1. The molecule has 0 aliphatic carbocycles. The van der Waals surface area contributed by atoms with Crippen molar-refractivity contribution in [3.05, 3.63) is 93.2 Å². The molecule has 2 aromatic heterocycles. The Labute approximate surface area is 181 Å². The van der Waals surface area contributed by atoms with E-state index in [4.69, 9.17) is 11.6 Å². The molecule has 0 saturated heterocycles. The summed E-state index contributed by atoms with van der Waals surface area (Å²) in [6.07, 6.45) is 0. The van der Waals surface area contributed by atoms with Crippen LogP contribution in [0.15, 0.2) is 76.9 Å². The summed E-state index contributed by atoms with van der Waals surface area (Å²) in [5.41, 5.74) is 2.60. The predicted octanol–water partition coefficient (Wildman–Crippen LogP) is 4.12. The number of hydrogen-bond acceptors (Lipinski definition) is 5. The van der Waals surface area contributed by atoms with Gasteiger partial charge in [0.25, 0.3) is 11.5 Å². The summed E-state index contributed by atoms with van der Waals surface area (Å²) in [6, 6.07) is 20.0. The van der Waals surface area contributed by atoms with E-state index in [1.165, 1.54) is 22.1 Å². The van der Waals surface area contributed by atoms with Gasteiger partial charge in [-0.2, -0.15) is 5.10 Å². The molecule has 2 aromatic carbocycles. The lowest BCUT2D eigenvalue weighted by Gasteiger charge is -2.08. The first-order chi connectivity index (χ1) is 14.6. The summed E-state index contributed by atoms with van der Waals surface area (Å²) in [5.74, 6) is -0.282. The first kappa shape index (κ1) is 20.0. The van der Waals surface area contributed by atoms with E-state index in [0.717, 1.165) is 16.1 Å². The molecule has 8 heteroatoms. The van der Waals surface area contributed by atoms with E-state index < -0.39 is 0 Å². The quantitative estimate of drug-likeness (QED) is 0.493. The molecule has 1 amide bonds. The molecule has 0 atom stereocenters. The maximum absolute atomic E-state index is 12.4. The van der Waals surface area contributed by atoms with Crippen LogP contribution in [-0.2, 0) is 6.54 Å². The van der Waals surface area contributed by atoms with Crippen LogP contribution in [0.4, 0.5) is 0 Å². The van der Waals surface area contributed by atoms with Crippen LogP contribution < -0.4 is 10.9 Å². The Morgan fingerprint density at radius 2 is 1.77 bits per heavy atom. The average Bonchev–Trinajstić information content (AvgIpc) is 3.27. The molecule has 0 radical (unpaired) electrons. The van der Waals surface area contributed by atoms with Gasteiger partial charge < -0.3 is 5.32 Å². The summed E-state index contributed by atoms with van der Waals surface area (Å²) in [6.45, 7) is 0.510.